The Balaban J connectivity index is 1.66. The summed E-state index contributed by atoms with van der Waals surface area (Å²) in [5, 5.41) is 2.87. The lowest BCUT2D eigenvalue weighted by molar-refractivity contribution is 0.0677. The van der Waals surface area contributed by atoms with Crippen LogP contribution < -0.4 is 4.74 Å². The Morgan fingerprint density at radius 1 is 1.10 bits per heavy atom. The van der Waals surface area contributed by atoms with Crippen LogP contribution in [0.25, 0.3) is 0 Å². The van der Waals surface area contributed by atoms with Gasteiger partial charge in [0.15, 0.2) is 0 Å². The minimum absolute atomic E-state index is 0.00870. The average molecular weight is 411 g/mol. The lowest BCUT2D eigenvalue weighted by atomic mass is 10.1. The van der Waals surface area contributed by atoms with E-state index in [2.05, 4.69) is 4.98 Å². The monoisotopic (exact) mass is 410 g/mol. The zero-order valence-electron chi connectivity index (χ0n) is 17.1. The van der Waals surface area contributed by atoms with Crippen LogP contribution in [0.3, 0.4) is 0 Å². The number of aromatic nitrogens is 1. The third-order valence-electron chi connectivity index (χ3n) is 4.56. The van der Waals surface area contributed by atoms with E-state index < -0.39 is 0 Å². The summed E-state index contributed by atoms with van der Waals surface area (Å²) in [5.41, 5.74) is 3.73. The van der Waals surface area contributed by atoms with E-state index in [-0.39, 0.29) is 5.91 Å². The Kier molecular flexibility index (Phi) is 7.38. The second kappa shape index (κ2) is 10.2. The van der Waals surface area contributed by atoms with E-state index in [1.54, 1.807) is 23.3 Å². The van der Waals surface area contributed by atoms with Gasteiger partial charge in [-0.25, -0.2) is 4.98 Å². The molecule has 3 rings (SSSR count). The smallest absolute Gasteiger partial charge is 0.254 e. The Bertz CT molecular complexity index is 937. The molecule has 152 valence electrons. The first-order valence-electron chi connectivity index (χ1n) is 9.53. The molecule has 2 aromatic carbocycles. The average Bonchev–Trinajstić information content (AvgIpc) is 3.18. The van der Waals surface area contributed by atoms with Crippen LogP contribution in [0.4, 0.5) is 0 Å². The minimum Gasteiger partial charge on any atom is -0.486 e. The van der Waals surface area contributed by atoms with E-state index in [0.717, 1.165) is 22.0 Å². The van der Waals surface area contributed by atoms with Gasteiger partial charge in [-0.05, 0) is 37.6 Å². The highest BCUT2D eigenvalue weighted by Gasteiger charge is 2.19. The first-order valence-corrected chi connectivity index (χ1v) is 10.4. The minimum atomic E-state index is -0.00870. The van der Waals surface area contributed by atoms with Crippen LogP contribution in [0, 0.1) is 13.8 Å². The van der Waals surface area contributed by atoms with Crippen molar-refractivity contribution in [3.8, 4) is 5.75 Å². The zero-order valence-corrected chi connectivity index (χ0v) is 17.9. The van der Waals surface area contributed by atoms with Crippen molar-refractivity contribution in [1.29, 1.82) is 0 Å². The van der Waals surface area contributed by atoms with Gasteiger partial charge in [0, 0.05) is 24.6 Å². The van der Waals surface area contributed by atoms with Crippen molar-refractivity contribution in [3.63, 3.8) is 0 Å². The number of rotatable bonds is 9. The third kappa shape index (κ3) is 5.89. The molecule has 1 heterocycles. The van der Waals surface area contributed by atoms with Gasteiger partial charge < -0.3 is 14.4 Å². The summed E-state index contributed by atoms with van der Waals surface area (Å²) in [6, 6.07) is 15.6. The van der Waals surface area contributed by atoms with Crippen molar-refractivity contribution in [2.24, 2.45) is 0 Å². The van der Waals surface area contributed by atoms with E-state index in [9.17, 15) is 4.79 Å². The topological polar surface area (TPSA) is 51.7 Å². The number of hydrogen-bond acceptors (Lipinski definition) is 5. The van der Waals surface area contributed by atoms with Crippen molar-refractivity contribution in [2.75, 3.05) is 20.3 Å². The van der Waals surface area contributed by atoms with Crippen LogP contribution in [0.1, 0.15) is 32.2 Å². The number of benzene rings is 2. The SMILES string of the molecule is COCCN(Cc1csc(COc2ccc(C)cc2)n1)C(=O)c1ccccc1C. The molecule has 0 bridgehead atoms. The standard InChI is InChI=1S/C23H26N2O3S/c1-17-8-10-20(11-9-17)28-15-22-24-19(16-29-22)14-25(12-13-27-3)23(26)21-7-5-4-6-18(21)2/h4-11,16H,12-15H2,1-3H3. The Morgan fingerprint density at radius 3 is 2.59 bits per heavy atom. The molecule has 5 nitrogen and oxygen atoms in total. The molecule has 0 unspecified atom stereocenters. The number of methoxy groups -OCH3 is 1. The van der Waals surface area contributed by atoms with Crippen molar-refractivity contribution < 1.29 is 14.3 Å². The molecule has 1 aromatic heterocycles. The number of aryl methyl sites for hydroxylation is 2. The van der Waals surface area contributed by atoms with Gasteiger partial charge in [0.2, 0.25) is 0 Å². The van der Waals surface area contributed by atoms with E-state index in [4.69, 9.17) is 9.47 Å². The van der Waals surface area contributed by atoms with Crippen molar-refractivity contribution >= 4 is 17.2 Å². The molecular formula is C23H26N2O3S. The number of carbonyl (C=O) groups is 1. The summed E-state index contributed by atoms with van der Waals surface area (Å²) >= 11 is 1.54. The van der Waals surface area contributed by atoms with Crippen LogP contribution in [-0.4, -0.2) is 36.1 Å². The van der Waals surface area contributed by atoms with Gasteiger partial charge in [-0.1, -0.05) is 35.9 Å². The first-order chi connectivity index (χ1) is 14.1. The molecule has 0 N–H and O–H groups in total. The van der Waals surface area contributed by atoms with E-state index in [1.165, 1.54) is 5.56 Å². The number of thiazole rings is 1. The molecule has 6 heteroatoms. The number of hydrogen-bond donors (Lipinski definition) is 0. The number of nitrogens with zero attached hydrogens (tertiary/aromatic N) is 2. The molecule has 1 amide bonds. The highest BCUT2D eigenvalue weighted by molar-refractivity contribution is 7.09. The third-order valence-corrected chi connectivity index (χ3v) is 5.43. The molecule has 0 saturated carbocycles. The summed E-state index contributed by atoms with van der Waals surface area (Å²) in [5.74, 6) is 0.814. The maximum Gasteiger partial charge on any atom is 0.254 e. The number of carbonyl (C=O) groups excluding carboxylic acids is 1. The highest BCUT2D eigenvalue weighted by Crippen LogP contribution is 2.18. The molecule has 0 aliphatic heterocycles. The molecule has 0 saturated heterocycles. The number of amides is 1. The highest BCUT2D eigenvalue weighted by atomic mass is 32.1. The normalized spacial score (nSPS) is 10.7. The van der Waals surface area contributed by atoms with E-state index in [1.807, 2.05) is 67.8 Å². The summed E-state index contributed by atoms with van der Waals surface area (Å²) in [6.07, 6.45) is 0. The molecule has 0 fully saturated rings. The fourth-order valence-electron chi connectivity index (χ4n) is 2.90. The molecule has 0 aliphatic carbocycles. The second-order valence-electron chi connectivity index (χ2n) is 6.87. The Labute approximate surface area is 175 Å². The zero-order chi connectivity index (χ0) is 20.6. The summed E-state index contributed by atoms with van der Waals surface area (Å²) in [4.78, 5) is 19.5. The van der Waals surface area contributed by atoms with Crippen molar-refractivity contribution in [1.82, 2.24) is 9.88 Å². The van der Waals surface area contributed by atoms with Crippen LogP contribution in [0.2, 0.25) is 0 Å². The van der Waals surface area contributed by atoms with E-state index >= 15 is 0 Å². The van der Waals surface area contributed by atoms with Gasteiger partial charge in [0.1, 0.15) is 17.4 Å². The summed E-state index contributed by atoms with van der Waals surface area (Å²) in [6.45, 7) is 5.84. The van der Waals surface area contributed by atoms with Gasteiger partial charge in [-0.3, -0.25) is 4.79 Å². The largest absolute Gasteiger partial charge is 0.486 e. The van der Waals surface area contributed by atoms with Crippen LogP contribution in [0.15, 0.2) is 53.9 Å². The van der Waals surface area contributed by atoms with Gasteiger partial charge in [-0.15, -0.1) is 11.3 Å². The second-order valence-corrected chi connectivity index (χ2v) is 7.81. The van der Waals surface area contributed by atoms with Gasteiger partial charge in [-0.2, -0.15) is 0 Å². The molecule has 0 aliphatic rings. The van der Waals surface area contributed by atoms with Crippen LogP contribution >= 0.6 is 11.3 Å². The molecule has 0 atom stereocenters. The van der Waals surface area contributed by atoms with Crippen LogP contribution in [-0.2, 0) is 17.9 Å². The van der Waals surface area contributed by atoms with E-state index in [0.29, 0.717) is 31.9 Å². The number of ether oxygens (including phenoxy) is 2. The first kappa shape index (κ1) is 21.0. The van der Waals surface area contributed by atoms with Gasteiger partial charge >= 0.3 is 0 Å². The molecule has 0 radical (unpaired) electrons. The fraction of sp³-hybridized carbons (Fsp3) is 0.304. The van der Waals surface area contributed by atoms with Gasteiger partial charge in [0.25, 0.3) is 5.91 Å². The molecule has 3 aromatic rings. The maximum atomic E-state index is 13.0. The predicted molar refractivity (Wildman–Crippen MR) is 115 cm³/mol. The Morgan fingerprint density at radius 2 is 1.86 bits per heavy atom. The lowest BCUT2D eigenvalue weighted by Crippen LogP contribution is -2.34. The Hall–Kier alpha value is -2.70. The van der Waals surface area contributed by atoms with Crippen molar-refractivity contribution in [3.05, 3.63) is 81.3 Å². The lowest BCUT2D eigenvalue weighted by Gasteiger charge is -2.22. The quantitative estimate of drug-likeness (QED) is 0.516. The van der Waals surface area contributed by atoms with Crippen LogP contribution in [0.5, 0.6) is 5.75 Å². The molecule has 0 spiro atoms. The molecular weight excluding hydrogens is 384 g/mol. The maximum absolute atomic E-state index is 13.0. The van der Waals surface area contributed by atoms with Crippen molar-refractivity contribution in [2.45, 2.75) is 27.0 Å². The summed E-state index contributed by atoms with van der Waals surface area (Å²) < 4.78 is 11.0. The fourth-order valence-corrected chi connectivity index (χ4v) is 3.60. The van der Waals surface area contributed by atoms with Gasteiger partial charge in [0.05, 0.1) is 18.8 Å². The summed E-state index contributed by atoms with van der Waals surface area (Å²) in [7, 11) is 1.64. The molecule has 29 heavy (non-hydrogen) atoms. The predicted octanol–water partition coefficient (Wildman–Crippen LogP) is 4.63.